The number of nitro benzene ring substituents is 1. The standard InChI is InChI=1S/C14H20N2O3/c1-15-9-12-8-13(16(17)18)6-7-14(12)19-10-11-4-2-3-5-11/h6-8,11,15H,2-5,9-10H2,1H3. The monoisotopic (exact) mass is 264 g/mol. The van der Waals surface area contributed by atoms with Crippen LogP contribution in [0.4, 0.5) is 5.69 Å². The predicted molar refractivity (Wildman–Crippen MR) is 73.3 cm³/mol. The smallest absolute Gasteiger partial charge is 0.270 e. The summed E-state index contributed by atoms with van der Waals surface area (Å²) in [6, 6.07) is 4.80. The largest absolute Gasteiger partial charge is 0.493 e. The number of ether oxygens (including phenoxy) is 1. The van der Waals surface area contributed by atoms with E-state index in [1.165, 1.54) is 31.7 Å². The Bertz CT molecular complexity index is 442. The Morgan fingerprint density at radius 1 is 1.42 bits per heavy atom. The molecule has 0 unspecified atom stereocenters. The number of hydrogen-bond donors (Lipinski definition) is 1. The quantitative estimate of drug-likeness (QED) is 0.634. The Kier molecular flexibility index (Phi) is 4.74. The van der Waals surface area contributed by atoms with Crippen LogP contribution in [0.25, 0.3) is 0 Å². The number of nitrogens with one attached hydrogen (secondary N) is 1. The molecule has 0 amide bonds. The van der Waals surface area contributed by atoms with Gasteiger partial charge in [-0.2, -0.15) is 0 Å². The maximum atomic E-state index is 10.8. The summed E-state index contributed by atoms with van der Waals surface area (Å²) >= 11 is 0. The second-order valence-electron chi connectivity index (χ2n) is 5.04. The van der Waals surface area contributed by atoms with Gasteiger partial charge in [0.25, 0.3) is 5.69 Å². The summed E-state index contributed by atoms with van der Waals surface area (Å²) in [5.74, 6) is 1.39. The molecule has 104 valence electrons. The lowest BCUT2D eigenvalue weighted by molar-refractivity contribution is -0.384. The first-order valence-corrected chi connectivity index (χ1v) is 6.75. The minimum absolute atomic E-state index is 0.110. The summed E-state index contributed by atoms with van der Waals surface area (Å²) < 4.78 is 5.85. The van der Waals surface area contributed by atoms with Crippen LogP contribution >= 0.6 is 0 Å². The van der Waals surface area contributed by atoms with Crippen LogP contribution in [-0.2, 0) is 6.54 Å². The predicted octanol–water partition coefficient (Wildman–Crippen LogP) is 2.88. The van der Waals surface area contributed by atoms with E-state index in [0.29, 0.717) is 19.1 Å². The van der Waals surface area contributed by atoms with Crippen LogP contribution in [0, 0.1) is 16.0 Å². The van der Waals surface area contributed by atoms with E-state index >= 15 is 0 Å². The molecular weight excluding hydrogens is 244 g/mol. The van der Waals surface area contributed by atoms with Gasteiger partial charge in [0.1, 0.15) is 5.75 Å². The lowest BCUT2D eigenvalue weighted by atomic mass is 10.1. The van der Waals surface area contributed by atoms with Crippen LogP contribution in [0.5, 0.6) is 5.75 Å². The molecule has 0 saturated heterocycles. The zero-order valence-electron chi connectivity index (χ0n) is 11.2. The van der Waals surface area contributed by atoms with Gasteiger partial charge >= 0.3 is 0 Å². The summed E-state index contributed by atoms with van der Waals surface area (Å²) in [7, 11) is 1.82. The molecule has 2 rings (SSSR count). The van der Waals surface area contributed by atoms with E-state index in [0.717, 1.165) is 11.3 Å². The number of nitro groups is 1. The van der Waals surface area contributed by atoms with E-state index in [1.54, 1.807) is 12.1 Å². The van der Waals surface area contributed by atoms with Crippen molar-refractivity contribution in [3.63, 3.8) is 0 Å². The molecule has 19 heavy (non-hydrogen) atoms. The van der Waals surface area contributed by atoms with Gasteiger partial charge in [0, 0.05) is 24.2 Å². The van der Waals surface area contributed by atoms with Crippen molar-refractivity contribution >= 4 is 5.69 Å². The third-order valence-corrected chi connectivity index (χ3v) is 3.57. The summed E-state index contributed by atoms with van der Waals surface area (Å²) in [6.45, 7) is 1.29. The Labute approximate surface area is 113 Å². The molecule has 0 atom stereocenters. The SMILES string of the molecule is CNCc1cc([N+](=O)[O-])ccc1OCC1CCCC1. The highest BCUT2D eigenvalue weighted by Gasteiger charge is 2.17. The third kappa shape index (κ3) is 3.67. The molecule has 0 spiro atoms. The molecule has 1 fully saturated rings. The summed E-state index contributed by atoms with van der Waals surface area (Å²) in [4.78, 5) is 10.4. The average Bonchev–Trinajstić information content (AvgIpc) is 2.90. The van der Waals surface area contributed by atoms with Gasteiger partial charge in [-0.1, -0.05) is 12.8 Å². The van der Waals surface area contributed by atoms with E-state index in [9.17, 15) is 10.1 Å². The number of rotatable bonds is 6. The number of benzene rings is 1. The van der Waals surface area contributed by atoms with Crippen LogP contribution in [-0.4, -0.2) is 18.6 Å². The van der Waals surface area contributed by atoms with Gasteiger partial charge in [-0.3, -0.25) is 10.1 Å². The highest BCUT2D eigenvalue weighted by molar-refractivity contribution is 5.43. The fourth-order valence-electron chi connectivity index (χ4n) is 2.53. The molecule has 1 N–H and O–H groups in total. The van der Waals surface area contributed by atoms with Gasteiger partial charge in [0.05, 0.1) is 11.5 Å². The highest BCUT2D eigenvalue weighted by atomic mass is 16.6. The zero-order chi connectivity index (χ0) is 13.7. The van der Waals surface area contributed by atoms with Gasteiger partial charge in [0.15, 0.2) is 0 Å². The Hall–Kier alpha value is -1.62. The van der Waals surface area contributed by atoms with Crippen molar-refractivity contribution in [1.29, 1.82) is 0 Å². The molecule has 0 aromatic heterocycles. The molecule has 1 aliphatic carbocycles. The van der Waals surface area contributed by atoms with Crippen molar-refractivity contribution in [2.75, 3.05) is 13.7 Å². The van der Waals surface area contributed by atoms with Crippen molar-refractivity contribution in [3.05, 3.63) is 33.9 Å². The highest BCUT2D eigenvalue weighted by Crippen LogP contribution is 2.28. The molecule has 0 heterocycles. The number of hydrogen-bond acceptors (Lipinski definition) is 4. The van der Waals surface area contributed by atoms with Crippen LogP contribution in [0.1, 0.15) is 31.2 Å². The Morgan fingerprint density at radius 2 is 2.16 bits per heavy atom. The Morgan fingerprint density at radius 3 is 2.79 bits per heavy atom. The van der Waals surface area contributed by atoms with Crippen molar-refractivity contribution in [3.8, 4) is 5.75 Å². The second-order valence-corrected chi connectivity index (χ2v) is 5.04. The molecule has 1 saturated carbocycles. The molecule has 5 heteroatoms. The average molecular weight is 264 g/mol. The minimum Gasteiger partial charge on any atom is -0.493 e. The maximum absolute atomic E-state index is 10.8. The van der Waals surface area contributed by atoms with Crippen molar-refractivity contribution < 1.29 is 9.66 Å². The van der Waals surface area contributed by atoms with Crippen LogP contribution < -0.4 is 10.1 Å². The molecule has 5 nitrogen and oxygen atoms in total. The zero-order valence-corrected chi connectivity index (χ0v) is 11.2. The molecular formula is C14H20N2O3. The van der Waals surface area contributed by atoms with Crippen LogP contribution in [0.3, 0.4) is 0 Å². The van der Waals surface area contributed by atoms with E-state index < -0.39 is 0 Å². The van der Waals surface area contributed by atoms with E-state index in [4.69, 9.17) is 4.74 Å². The van der Waals surface area contributed by atoms with Crippen molar-refractivity contribution in [1.82, 2.24) is 5.32 Å². The molecule has 1 aromatic rings. The van der Waals surface area contributed by atoms with E-state index in [2.05, 4.69) is 5.32 Å². The normalized spacial score (nSPS) is 15.6. The lowest BCUT2D eigenvalue weighted by Gasteiger charge is -2.14. The summed E-state index contributed by atoms with van der Waals surface area (Å²) in [6.07, 6.45) is 5.04. The minimum atomic E-state index is -0.375. The topological polar surface area (TPSA) is 64.4 Å². The van der Waals surface area contributed by atoms with Crippen LogP contribution in [0.2, 0.25) is 0 Å². The first-order valence-electron chi connectivity index (χ1n) is 6.75. The van der Waals surface area contributed by atoms with Gasteiger partial charge < -0.3 is 10.1 Å². The van der Waals surface area contributed by atoms with Gasteiger partial charge in [-0.15, -0.1) is 0 Å². The number of non-ortho nitro benzene ring substituents is 1. The second kappa shape index (κ2) is 6.52. The van der Waals surface area contributed by atoms with Crippen molar-refractivity contribution in [2.24, 2.45) is 5.92 Å². The fourth-order valence-corrected chi connectivity index (χ4v) is 2.53. The summed E-state index contributed by atoms with van der Waals surface area (Å²) in [5, 5.41) is 13.8. The van der Waals surface area contributed by atoms with Crippen molar-refractivity contribution in [2.45, 2.75) is 32.2 Å². The molecule has 0 aliphatic heterocycles. The lowest BCUT2D eigenvalue weighted by Crippen LogP contribution is -2.12. The van der Waals surface area contributed by atoms with Gasteiger partial charge in [-0.05, 0) is 31.9 Å². The first kappa shape index (κ1) is 13.8. The van der Waals surface area contributed by atoms with E-state index in [1.807, 2.05) is 7.05 Å². The number of nitrogens with zero attached hydrogens (tertiary/aromatic N) is 1. The van der Waals surface area contributed by atoms with E-state index in [-0.39, 0.29) is 10.6 Å². The third-order valence-electron chi connectivity index (χ3n) is 3.57. The van der Waals surface area contributed by atoms with Gasteiger partial charge in [0.2, 0.25) is 0 Å². The maximum Gasteiger partial charge on any atom is 0.270 e. The first-order chi connectivity index (χ1) is 9.20. The molecule has 0 bridgehead atoms. The summed E-state index contributed by atoms with van der Waals surface area (Å²) in [5.41, 5.74) is 0.952. The fraction of sp³-hybridized carbons (Fsp3) is 0.571. The molecule has 1 aromatic carbocycles. The molecule has 0 radical (unpaired) electrons. The molecule has 1 aliphatic rings. The Balaban J connectivity index is 2.06. The van der Waals surface area contributed by atoms with Crippen LogP contribution in [0.15, 0.2) is 18.2 Å². The van der Waals surface area contributed by atoms with Gasteiger partial charge in [-0.25, -0.2) is 0 Å².